The largest absolute Gasteiger partial charge is 0.460 e. The summed E-state index contributed by atoms with van der Waals surface area (Å²) in [5.41, 5.74) is -6.19. The predicted molar refractivity (Wildman–Crippen MR) is 76.3 cm³/mol. The van der Waals surface area contributed by atoms with E-state index >= 15 is 0 Å². The fraction of sp³-hybridized carbons (Fsp3) is 0.625. The van der Waals surface area contributed by atoms with E-state index in [4.69, 9.17) is 5.11 Å². The molecule has 0 saturated heterocycles. The molecule has 0 unspecified atom stereocenters. The Hall–Kier alpha value is -1.80. The van der Waals surface area contributed by atoms with Crippen molar-refractivity contribution in [2.45, 2.75) is 55.3 Å². The summed E-state index contributed by atoms with van der Waals surface area (Å²) >= 11 is 0. The molecule has 180 valence electrons. The van der Waals surface area contributed by atoms with E-state index in [2.05, 4.69) is 0 Å². The van der Waals surface area contributed by atoms with Gasteiger partial charge in [0.15, 0.2) is 0 Å². The Labute approximate surface area is 164 Å². The zero-order valence-electron chi connectivity index (χ0n) is 14.8. The molecule has 0 aliphatic heterocycles. The maximum atomic E-state index is 14.1. The first-order valence-electron chi connectivity index (χ1n) is 8.05. The van der Waals surface area contributed by atoms with Crippen molar-refractivity contribution < 1.29 is 66.6 Å². The van der Waals surface area contributed by atoms with Crippen molar-refractivity contribution in [1.29, 1.82) is 0 Å². The fourth-order valence-corrected chi connectivity index (χ4v) is 2.42. The molecular weight excluding hydrogens is 474 g/mol. The molecule has 0 fully saturated rings. The Morgan fingerprint density at radius 3 is 1.48 bits per heavy atom. The van der Waals surface area contributed by atoms with Gasteiger partial charge in [0.05, 0.1) is 0 Å². The monoisotopic (exact) mass is 486 g/mol. The predicted octanol–water partition coefficient (Wildman–Crippen LogP) is 6.58. The molecule has 1 aromatic rings. The van der Waals surface area contributed by atoms with Crippen molar-refractivity contribution in [1.82, 2.24) is 0 Å². The van der Waals surface area contributed by atoms with Gasteiger partial charge in [0.1, 0.15) is 0 Å². The minimum Gasteiger partial charge on any atom is -0.396 e. The van der Waals surface area contributed by atoms with Gasteiger partial charge in [0.2, 0.25) is 0 Å². The molecule has 1 nitrogen and oxygen atoms in total. The second kappa shape index (κ2) is 8.28. The van der Waals surface area contributed by atoms with Crippen LogP contribution < -0.4 is 0 Å². The molecular formula is C16H12F14O. The molecule has 0 aliphatic rings. The van der Waals surface area contributed by atoms with Gasteiger partial charge >= 0.3 is 36.0 Å². The molecule has 1 N–H and O–H groups in total. The summed E-state index contributed by atoms with van der Waals surface area (Å²) in [5.74, 6) is -26.3. The molecule has 0 atom stereocenters. The van der Waals surface area contributed by atoms with Crippen LogP contribution in [0.4, 0.5) is 61.5 Å². The molecule has 0 aliphatic carbocycles. The summed E-state index contributed by atoms with van der Waals surface area (Å²) in [4.78, 5) is 0. The number of rotatable bonds is 8. The summed E-state index contributed by atoms with van der Waals surface area (Å²) in [6, 6.07) is -1.10. The zero-order valence-corrected chi connectivity index (χ0v) is 14.8. The van der Waals surface area contributed by atoms with Crippen LogP contribution in [0.25, 0.3) is 0 Å². The van der Waals surface area contributed by atoms with Crippen LogP contribution in [0.15, 0.2) is 18.2 Å². The molecule has 31 heavy (non-hydrogen) atoms. The number of aryl methyl sites for hydroxylation is 1. The van der Waals surface area contributed by atoms with Crippen LogP contribution in [0.3, 0.4) is 0 Å². The second-order valence-corrected chi connectivity index (χ2v) is 6.35. The van der Waals surface area contributed by atoms with Crippen molar-refractivity contribution >= 4 is 0 Å². The lowest BCUT2D eigenvalue weighted by atomic mass is 9.89. The lowest BCUT2D eigenvalue weighted by Crippen LogP contribution is -2.51. The third-order valence-corrected chi connectivity index (χ3v) is 4.17. The van der Waals surface area contributed by atoms with Gasteiger partial charge in [0, 0.05) is 17.7 Å². The van der Waals surface area contributed by atoms with E-state index in [0.717, 1.165) is 0 Å². The highest BCUT2D eigenvalue weighted by molar-refractivity contribution is 5.39. The van der Waals surface area contributed by atoms with Crippen LogP contribution in [0.2, 0.25) is 0 Å². The summed E-state index contributed by atoms with van der Waals surface area (Å²) in [6.45, 7) is -0.585. The van der Waals surface area contributed by atoms with Gasteiger partial charge in [-0.05, 0) is 30.9 Å². The van der Waals surface area contributed by atoms with Crippen LogP contribution >= 0.6 is 0 Å². The first-order valence-corrected chi connectivity index (χ1v) is 8.05. The van der Waals surface area contributed by atoms with Crippen LogP contribution in [0.1, 0.15) is 29.5 Å². The molecule has 0 radical (unpaired) electrons. The van der Waals surface area contributed by atoms with Crippen LogP contribution in [0.5, 0.6) is 0 Å². The normalized spacial score (nSPS) is 14.8. The highest BCUT2D eigenvalue weighted by Crippen LogP contribution is 2.55. The Balaban J connectivity index is 3.75. The first kappa shape index (κ1) is 27.2. The maximum absolute atomic E-state index is 14.1. The summed E-state index contributed by atoms with van der Waals surface area (Å²) < 4.78 is 183. The van der Waals surface area contributed by atoms with E-state index in [9.17, 15) is 61.5 Å². The summed E-state index contributed by atoms with van der Waals surface area (Å²) in [7, 11) is 0. The number of aliphatic hydroxyl groups excluding tert-OH is 1. The standard InChI is InChI=1S/C16H12F14O/c17-11(18,13(21,22)15(25,26)27)9-5-4-8(3-1-2-6-31)10(7-9)12(19,20)14(23,24)16(28,29)30/h4-5,7,31H,1-3,6H2. The van der Waals surface area contributed by atoms with Gasteiger partial charge in [0.25, 0.3) is 0 Å². The van der Waals surface area contributed by atoms with Crippen LogP contribution in [-0.4, -0.2) is 35.9 Å². The molecule has 0 heterocycles. The molecule has 0 aromatic heterocycles. The Morgan fingerprint density at radius 2 is 1.06 bits per heavy atom. The van der Waals surface area contributed by atoms with Crippen molar-refractivity contribution in [2.24, 2.45) is 0 Å². The highest BCUT2D eigenvalue weighted by Gasteiger charge is 2.75. The van der Waals surface area contributed by atoms with Gasteiger partial charge in [-0.1, -0.05) is 12.1 Å². The molecule has 1 rings (SSSR count). The summed E-state index contributed by atoms with van der Waals surface area (Å²) in [5, 5.41) is 8.62. The summed E-state index contributed by atoms with van der Waals surface area (Å²) in [6.07, 6.45) is -15.2. The van der Waals surface area contributed by atoms with Crippen molar-refractivity contribution in [3.63, 3.8) is 0 Å². The van der Waals surface area contributed by atoms with E-state index in [1.807, 2.05) is 0 Å². The third-order valence-electron chi connectivity index (χ3n) is 4.17. The number of hydrogen-bond donors (Lipinski definition) is 1. The van der Waals surface area contributed by atoms with Gasteiger partial charge in [-0.2, -0.15) is 61.5 Å². The fourth-order valence-electron chi connectivity index (χ4n) is 2.42. The molecule has 1 aromatic carbocycles. The highest BCUT2D eigenvalue weighted by atomic mass is 19.4. The van der Waals surface area contributed by atoms with Gasteiger partial charge in [-0.3, -0.25) is 0 Å². The zero-order chi connectivity index (χ0) is 24.7. The lowest BCUT2D eigenvalue weighted by molar-refractivity contribution is -0.361. The van der Waals surface area contributed by atoms with Gasteiger partial charge < -0.3 is 5.11 Å². The Bertz CT molecular complexity index is 763. The Morgan fingerprint density at radius 1 is 0.613 bits per heavy atom. The van der Waals surface area contributed by atoms with Crippen molar-refractivity contribution in [2.75, 3.05) is 6.61 Å². The number of halogens is 14. The molecule has 0 saturated carbocycles. The number of benzene rings is 1. The lowest BCUT2D eigenvalue weighted by Gasteiger charge is -2.32. The molecule has 0 amide bonds. The van der Waals surface area contributed by atoms with E-state index in [-0.39, 0.29) is 25.0 Å². The van der Waals surface area contributed by atoms with E-state index < -0.39 is 71.8 Å². The number of aliphatic hydroxyl groups is 1. The second-order valence-electron chi connectivity index (χ2n) is 6.35. The van der Waals surface area contributed by atoms with E-state index in [1.165, 1.54) is 0 Å². The minimum absolute atomic E-state index is 0.0305. The molecule has 15 heteroatoms. The quantitative estimate of drug-likeness (QED) is 0.325. The van der Waals surface area contributed by atoms with E-state index in [0.29, 0.717) is 0 Å². The minimum atomic E-state index is -6.92. The molecule has 0 bridgehead atoms. The third kappa shape index (κ3) is 4.70. The van der Waals surface area contributed by atoms with Gasteiger partial charge in [-0.15, -0.1) is 0 Å². The topological polar surface area (TPSA) is 20.2 Å². The SMILES string of the molecule is OCCCCc1ccc(C(F)(F)C(F)(F)C(F)(F)F)cc1C(F)(F)C(F)(F)C(F)(F)F. The molecule has 0 spiro atoms. The number of hydrogen-bond acceptors (Lipinski definition) is 1. The Kier molecular flexibility index (Phi) is 7.27. The first-order chi connectivity index (χ1) is 13.7. The average Bonchev–Trinajstić information content (AvgIpc) is 2.59. The maximum Gasteiger partial charge on any atom is 0.460 e. The number of alkyl halides is 14. The van der Waals surface area contributed by atoms with Crippen molar-refractivity contribution in [3.05, 3.63) is 34.9 Å². The van der Waals surface area contributed by atoms with Gasteiger partial charge in [-0.25, -0.2) is 0 Å². The van der Waals surface area contributed by atoms with Crippen LogP contribution in [-0.2, 0) is 18.3 Å². The smallest absolute Gasteiger partial charge is 0.396 e. The van der Waals surface area contributed by atoms with Crippen molar-refractivity contribution in [3.8, 4) is 0 Å². The van der Waals surface area contributed by atoms with Crippen LogP contribution in [0, 0.1) is 0 Å². The average molecular weight is 486 g/mol. The van der Waals surface area contributed by atoms with E-state index in [1.54, 1.807) is 0 Å². The number of unbranched alkanes of at least 4 members (excludes halogenated alkanes) is 1.